The molecule has 1 aromatic heterocycles. The summed E-state index contributed by atoms with van der Waals surface area (Å²) < 4.78 is 5.52. The maximum Gasteiger partial charge on any atom is 0.258 e. The van der Waals surface area contributed by atoms with Crippen LogP contribution < -0.4 is 27.0 Å². The number of primary amides is 1. The van der Waals surface area contributed by atoms with Gasteiger partial charge < -0.3 is 36.6 Å². The SMILES string of the molecule is CN1CCN(c2ccc(C(=O)NC(=N)c3cc(Sc4ccccc4C(N)=O)cnc3N)c(NC3CCOCC3)c2)CC1. The molecule has 0 spiro atoms. The number of nitrogens with one attached hydrogen (secondary N) is 3. The number of pyridine rings is 1. The van der Waals surface area contributed by atoms with E-state index >= 15 is 0 Å². The molecule has 2 fully saturated rings. The minimum absolute atomic E-state index is 0.110. The number of nitrogens with two attached hydrogens (primary N) is 2. The molecule has 0 aliphatic carbocycles. The fourth-order valence-electron chi connectivity index (χ4n) is 5.02. The van der Waals surface area contributed by atoms with Crippen LogP contribution in [-0.2, 0) is 4.74 Å². The molecule has 0 bridgehead atoms. The third kappa shape index (κ3) is 7.01. The number of carbonyl (C=O) groups is 2. The van der Waals surface area contributed by atoms with Crippen LogP contribution in [-0.4, -0.2) is 80.0 Å². The van der Waals surface area contributed by atoms with Crippen molar-refractivity contribution >= 4 is 46.6 Å². The third-order valence-corrected chi connectivity index (χ3v) is 8.51. The molecule has 7 N–H and O–H groups in total. The van der Waals surface area contributed by atoms with Crippen molar-refractivity contribution in [2.24, 2.45) is 5.73 Å². The summed E-state index contributed by atoms with van der Waals surface area (Å²) in [5, 5.41) is 15.0. The van der Waals surface area contributed by atoms with Crippen LogP contribution in [0.1, 0.15) is 39.1 Å². The van der Waals surface area contributed by atoms with Gasteiger partial charge in [0, 0.05) is 72.8 Å². The number of benzene rings is 2. The summed E-state index contributed by atoms with van der Waals surface area (Å²) in [4.78, 5) is 35.6. The summed E-state index contributed by atoms with van der Waals surface area (Å²) in [6.45, 7) is 5.12. The van der Waals surface area contributed by atoms with E-state index in [9.17, 15) is 9.59 Å². The molecule has 2 aromatic carbocycles. The van der Waals surface area contributed by atoms with Crippen molar-refractivity contribution in [2.75, 3.05) is 62.4 Å². The minimum Gasteiger partial charge on any atom is -0.383 e. The van der Waals surface area contributed by atoms with Gasteiger partial charge in [0.25, 0.3) is 5.91 Å². The molecule has 3 aromatic rings. The standard InChI is InChI=1S/C30H36N8O3S/c1-37-10-12-38(13-11-37)20-6-7-22(25(16-20)35-19-8-14-41-15-9-19)30(40)36-28(32)24-17-21(18-34-27(24)31)42-26-5-3-2-4-23(26)29(33)39/h2-7,16-19,35H,8-15H2,1H3,(H2,31,34)(H2,33,39)(H2,32,36,40). The average Bonchev–Trinajstić information content (AvgIpc) is 2.99. The number of nitrogens with zero attached hydrogens (tertiary/aromatic N) is 3. The Bertz CT molecular complexity index is 1470. The Balaban J connectivity index is 1.36. The van der Waals surface area contributed by atoms with Crippen LogP contribution >= 0.6 is 11.8 Å². The van der Waals surface area contributed by atoms with E-state index in [2.05, 4.69) is 32.5 Å². The Labute approximate surface area is 249 Å². The van der Waals surface area contributed by atoms with Gasteiger partial charge in [-0.3, -0.25) is 15.0 Å². The number of hydrogen-bond donors (Lipinski definition) is 5. The average molecular weight is 589 g/mol. The van der Waals surface area contributed by atoms with Gasteiger partial charge in [-0.15, -0.1) is 0 Å². The van der Waals surface area contributed by atoms with E-state index in [-0.39, 0.29) is 23.3 Å². The van der Waals surface area contributed by atoms with Gasteiger partial charge in [-0.05, 0) is 56.3 Å². The second-order valence-corrected chi connectivity index (χ2v) is 11.6. The van der Waals surface area contributed by atoms with Gasteiger partial charge in [0.2, 0.25) is 5.91 Å². The molecule has 0 unspecified atom stereocenters. The number of amidine groups is 1. The zero-order valence-corrected chi connectivity index (χ0v) is 24.4. The first-order valence-electron chi connectivity index (χ1n) is 13.9. The van der Waals surface area contributed by atoms with E-state index in [1.54, 1.807) is 30.5 Å². The second kappa shape index (κ2) is 13.2. The lowest BCUT2D eigenvalue weighted by atomic mass is 10.1. The molecule has 0 atom stereocenters. The molecule has 220 valence electrons. The first-order valence-corrected chi connectivity index (χ1v) is 14.7. The summed E-state index contributed by atoms with van der Waals surface area (Å²) >= 11 is 1.28. The van der Waals surface area contributed by atoms with Gasteiger partial charge in [0.15, 0.2) is 0 Å². The molecule has 2 aliphatic rings. The molecule has 2 amide bonds. The normalized spacial score (nSPS) is 16.2. The molecule has 5 rings (SSSR count). The number of hydrogen-bond acceptors (Lipinski definition) is 10. The largest absolute Gasteiger partial charge is 0.383 e. The number of rotatable bonds is 8. The number of amides is 2. The van der Waals surface area contributed by atoms with Gasteiger partial charge in [0.1, 0.15) is 11.7 Å². The second-order valence-electron chi connectivity index (χ2n) is 10.4. The fraction of sp³-hybridized carbons (Fsp3) is 0.333. The highest BCUT2D eigenvalue weighted by Gasteiger charge is 2.22. The molecule has 12 heteroatoms. The van der Waals surface area contributed by atoms with E-state index in [4.69, 9.17) is 21.6 Å². The monoisotopic (exact) mass is 588 g/mol. The Morgan fingerprint density at radius 2 is 1.76 bits per heavy atom. The van der Waals surface area contributed by atoms with Crippen LogP contribution in [0.4, 0.5) is 17.2 Å². The van der Waals surface area contributed by atoms with Crippen molar-refractivity contribution in [3.8, 4) is 0 Å². The van der Waals surface area contributed by atoms with Crippen molar-refractivity contribution in [3.05, 3.63) is 71.4 Å². The van der Waals surface area contributed by atoms with Crippen LogP contribution in [0.5, 0.6) is 0 Å². The predicted octanol–water partition coefficient (Wildman–Crippen LogP) is 3.01. The molecule has 2 aliphatic heterocycles. The lowest BCUT2D eigenvalue weighted by Crippen LogP contribution is -2.44. The number of anilines is 3. The van der Waals surface area contributed by atoms with E-state index in [0.717, 1.165) is 50.4 Å². The van der Waals surface area contributed by atoms with Crippen LogP contribution in [0.25, 0.3) is 0 Å². The van der Waals surface area contributed by atoms with E-state index < -0.39 is 11.8 Å². The zero-order valence-electron chi connectivity index (χ0n) is 23.6. The maximum atomic E-state index is 13.6. The number of nitrogen functional groups attached to an aromatic ring is 1. The van der Waals surface area contributed by atoms with Crippen LogP contribution in [0.15, 0.2) is 64.5 Å². The summed E-state index contributed by atoms with van der Waals surface area (Å²) in [7, 11) is 2.12. The molecule has 3 heterocycles. The van der Waals surface area contributed by atoms with Crippen molar-refractivity contribution in [1.29, 1.82) is 5.41 Å². The van der Waals surface area contributed by atoms with Crippen molar-refractivity contribution in [2.45, 2.75) is 28.7 Å². The predicted molar refractivity (Wildman–Crippen MR) is 166 cm³/mol. The highest BCUT2D eigenvalue weighted by Crippen LogP contribution is 2.32. The minimum atomic E-state index is -0.537. The van der Waals surface area contributed by atoms with Crippen LogP contribution in [0, 0.1) is 5.41 Å². The van der Waals surface area contributed by atoms with Crippen molar-refractivity contribution in [3.63, 3.8) is 0 Å². The molecule has 0 saturated carbocycles. The topological polar surface area (TPSA) is 163 Å². The third-order valence-electron chi connectivity index (χ3n) is 7.48. The number of piperazine rings is 1. The summed E-state index contributed by atoms with van der Waals surface area (Å²) in [5.41, 5.74) is 14.5. The Kier molecular flexibility index (Phi) is 9.25. The first-order chi connectivity index (χ1) is 20.3. The Morgan fingerprint density at radius 3 is 2.50 bits per heavy atom. The highest BCUT2D eigenvalue weighted by atomic mass is 32.2. The summed E-state index contributed by atoms with van der Waals surface area (Å²) in [6, 6.07) is 14.6. The molecule has 42 heavy (non-hydrogen) atoms. The highest BCUT2D eigenvalue weighted by molar-refractivity contribution is 7.99. The molecule has 0 radical (unpaired) electrons. The van der Waals surface area contributed by atoms with E-state index in [1.165, 1.54) is 11.8 Å². The number of aromatic nitrogens is 1. The van der Waals surface area contributed by atoms with Gasteiger partial charge in [-0.25, -0.2) is 4.98 Å². The summed E-state index contributed by atoms with van der Waals surface area (Å²) in [6.07, 6.45) is 3.26. The number of carbonyl (C=O) groups excluding carboxylic acids is 2. The molecular weight excluding hydrogens is 552 g/mol. The van der Waals surface area contributed by atoms with Gasteiger partial charge in [0.05, 0.1) is 16.7 Å². The lowest BCUT2D eigenvalue weighted by molar-refractivity contribution is 0.0904. The lowest BCUT2D eigenvalue weighted by Gasteiger charge is -2.34. The molecule has 2 saturated heterocycles. The Hall–Kier alpha value is -4.13. The zero-order chi connectivity index (χ0) is 29.6. The number of likely N-dealkylation sites (N-methyl/N-ethyl adjacent to an activating group) is 1. The molecule has 11 nitrogen and oxygen atoms in total. The first kappa shape index (κ1) is 29.4. The van der Waals surface area contributed by atoms with E-state index in [1.807, 2.05) is 24.3 Å². The van der Waals surface area contributed by atoms with Gasteiger partial charge in [-0.1, -0.05) is 23.9 Å². The Morgan fingerprint density at radius 1 is 1.02 bits per heavy atom. The van der Waals surface area contributed by atoms with Crippen LogP contribution in [0.2, 0.25) is 0 Å². The van der Waals surface area contributed by atoms with Crippen molar-refractivity contribution in [1.82, 2.24) is 15.2 Å². The number of ether oxygens (including phenoxy) is 1. The fourth-order valence-corrected chi connectivity index (χ4v) is 5.98. The van der Waals surface area contributed by atoms with Crippen LogP contribution in [0.3, 0.4) is 0 Å². The molecular formula is C30H36N8O3S. The van der Waals surface area contributed by atoms with Gasteiger partial charge in [-0.2, -0.15) is 0 Å². The van der Waals surface area contributed by atoms with Crippen molar-refractivity contribution < 1.29 is 14.3 Å². The quantitative estimate of drug-likeness (QED) is 0.197. The smallest absolute Gasteiger partial charge is 0.258 e. The summed E-state index contributed by atoms with van der Waals surface area (Å²) in [5.74, 6) is -1.02. The maximum absolute atomic E-state index is 13.6. The van der Waals surface area contributed by atoms with E-state index in [0.29, 0.717) is 34.1 Å². The van der Waals surface area contributed by atoms with Gasteiger partial charge >= 0.3 is 0 Å².